The summed E-state index contributed by atoms with van der Waals surface area (Å²) in [5.41, 5.74) is 1.64. The van der Waals surface area contributed by atoms with E-state index in [0.717, 1.165) is 11.9 Å². The Hall–Kier alpha value is -5.47. The van der Waals surface area contributed by atoms with E-state index in [4.69, 9.17) is 0 Å². The van der Waals surface area contributed by atoms with E-state index in [2.05, 4.69) is 35.7 Å². The van der Waals surface area contributed by atoms with Crippen LogP contribution in [0.25, 0.3) is 28.0 Å². The Labute approximate surface area is 238 Å². The second-order valence-electron chi connectivity index (χ2n) is 9.73. The molecule has 0 atom stereocenters. The van der Waals surface area contributed by atoms with Crippen LogP contribution in [-0.2, 0) is 4.79 Å². The largest absolute Gasteiger partial charge is 0.359 e. The summed E-state index contributed by atoms with van der Waals surface area (Å²) in [5, 5.41) is 18.8. The number of pyridine rings is 1. The fraction of sp³-hybridized carbons (Fsp3) is 0.259. The molecule has 214 valence electrons. The standard InChI is InChI=1S/C27H26FN11O3/c1-3-36(2)25(41)20-13-19(31-32-20)22-23-21(18(28)15-30-22)17(14-29-23)24(40)26(42)37-9-11-38(12-10-37)27-33-34-35-39(27)16-7-5-4-6-8-16/h4-8,13-15,29H,3,9-12H2,1-2H3,(H,31,32). The summed E-state index contributed by atoms with van der Waals surface area (Å²) < 4.78 is 16.7. The molecule has 0 spiro atoms. The third-order valence-electron chi connectivity index (χ3n) is 7.28. The number of tetrazole rings is 1. The smallest absolute Gasteiger partial charge is 0.295 e. The molecule has 1 aliphatic heterocycles. The van der Waals surface area contributed by atoms with Crippen molar-refractivity contribution < 1.29 is 18.8 Å². The number of fused-ring (bicyclic) bond motifs is 1. The SMILES string of the molecule is CCN(C)C(=O)c1cc(-c2ncc(F)c3c(C(=O)C(=O)N4CCN(c5nnnn5-c5ccccc5)CC4)c[nH]c23)n[nH]1. The van der Waals surface area contributed by atoms with Gasteiger partial charge in [0.25, 0.3) is 17.6 Å². The lowest BCUT2D eigenvalue weighted by molar-refractivity contribution is -0.126. The lowest BCUT2D eigenvalue weighted by Gasteiger charge is -2.34. The van der Waals surface area contributed by atoms with Crippen molar-refractivity contribution in [2.24, 2.45) is 0 Å². The van der Waals surface area contributed by atoms with Crippen molar-refractivity contribution in [3.63, 3.8) is 0 Å². The number of piperazine rings is 1. The topological polar surface area (TPSA) is 162 Å². The number of rotatable bonds is 7. The van der Waals surface area contributed by atoms with Crippen molar-refractivity contribution in [1.29, 1.82) is 0 Å². The first-order valence-corrected chi connectivity index (χ1v) is 13.3. The second-order valence-corrected chi connectivity index (χ2v) is 9.73. The van der Waals surface area contributed by atoms with Gasteiger partial charge in [0.2, 0.25) is 5.95 Å². The van der Waals surface area contributed by atoms with Crippen molar-refractivity contribution in [3.8, 4) is 17.1 Å². The number of aromatic nitrogens is 8. The Morgan fingerprint density at radius 3 is 2.60 bits per heavy atom. The van der Waals surface area contributed by atoms with E-state index < -0.39 is 17.5 Å². The van der Waals surface area contributed by atoms with Crippen molar-refractivity contribution in [2.75, 3.05) is 44.7 Å². The molecule has 0 saturated carbocycles. The number of amides is 2. The lowest BCUT2D eigenvalue weighted by atomic mass is 10.1. The minimum absolute atomic E-state index is 0.0689. The summed E-state index contributed by atoms with van der Waals surface area (Å²) in [7, 11) is 1.66. The van der Waals surface area contributed by atoms with Crippen molar-refractivity contribution in [1.82, 2.24) is 50.2 Å². The first-order valence-electron chi connectivity index (χ1n) is 13.3. The molecule has 14 nitrogen and oxygen atoms in total. The predicted octanol–water partition coefficient (Wildman–Crippen LogP) is 1.69. The van der Waals surface area contributed by atoms with E-state index >= 15 is 4.39 Å². The minimum atomic E-state index is -0.845. The van der Waals surface area contributed by atoms with E-state index in [0.29, 0.717) is 25.6 Å². The Bertz CT molecular complexity index is 1790. The number of H-pyrrole nitrogens is 2. The number of halogens is 1. The summed E-state index contributed by atoms with van der Waals surface area (Å²) in [4.78, 5) is 51.0. The number of carbonyl (C=O) groups is 3. The fourth-order valence-electron chi connectivity index (χ4n) is 4.87. The average molecular weight is 572 g/mol. The van der Waals surface area contributed by atoms with Crippen LogP contribution in [0.5, 0.6) is 0 Å². The molecular formula is C27H26FN11O3. The lowest BCUT2D eigenvalue weighted by Crippen LogP contribution is -2.51. The number of anilines is 1. The first-order chi connectivity index (χ1) is 20.4. The van der Waals surface area contributed by atoms with Gasteiger partial charge in [-0.1, -0.05) is 23.3 Å². The number of aromatic amines is 2. The molecule has 6 rings (SSSR count). The highest BCUT2D eigenvalue weighted by atomic mass is 19.1. The van der Waals surface area contributed by atoms with Gasteiger partial charge in [0.15, 0.2) is 5.82 Å². The molecule has 15 heteroatoms. The van der Waals surface area contributed by atoms with Gasteiger partial charge in [-0.05, 0) is 35.5 Å². The molecule has 1 aromatic carbocycles. The molecule has 5 heterocycles. The van der Waals surface area contributed by atoms with Gasteiger partial charge in [-0.2, -0.15) is 9.78 Å². The van der Waals surface area contributed by atoms with Crippen molar-refractivity contribution >= 4 is 34.4 Å². The van der Waals surface area contributed by atoms with Crippen LogP contribution in [0.4, 0.5) is 10.3 Å². The number of carbonyl (C=O) groups excluding carboxylic acids is 3. The molecule has 5 aromatic rings. The van der Waals surface area contributed by atoms with Gasteiger partial charge in [-0.15, -0.1) is 0 Å². The molecule has 1 aliphatic rings. The van der Waals surface area contributed by atoms with E-state index in [9.17, 15) is 14.4 Å². The van der Waals surface area contributed by atoms with Crippen LogP contribution in [-0.4, -0.2) is 108 Å². The van der Waals surface area contributed by atoms with Crippen molar-refractivity contribution in [2.45, 2.75) is 6.92 Å². The molecule has 0 aliphatic carbocycles. The summed E-state index contributed by atoms with van der Waals surface area (Å²) >= 11 is 0. The van der Waals surface area contributed by atoms with Crippen LogP contribution >= 0.6 is 0 Å². The van der Waals surface area contributed by atoms with Crippen LogP contribution in [0.15, 0.2) is 48.8 Å². The second kappa shape index (κ2) is 10.8. The molecule has 2 N–H and O–H groups in total. The Morgan fingerprint density at radius 1 is 1.10 bits per heavy atom. The third-order valence-corrected chi connectivity index (χ3v) is 7.28. The van der Waals surface area contributed by atoms with Gasteiger partial charge >= 0.3 is 0 Å². The normalized spacial score (nSPS) is 13.5. The Balaban J connectivity index is 1.20. The highest BCUT2D eigenvalue weighted by Gasteiger charge is 2.31. The zero-order valence-electron chi connectivity index (χ0n) is 22.8. The number of nitrogens with zero attached hydrogens (tertiary/aromatic N) is 9. The first kappa shape index (κ1) is 26.7. The fourth-order valence-corrected chi connectivity index (χ4v) is 4.87. The van der Waals surface area contributed by atoms with E-state index in [1.54, 1.807) is 11.7 Å². The summed E-state index contributed by atoms with van der Waals surface area (Å²) in [6, 6.07) is 10.9. The van der Waals surface area contributed by atoms with Crippen LogP contribution < -0.4 is 4.90 Å². The Morgan fingerprint density at radius 2 is 1.86 bits per heavy atom. The molecular weight excluding hydrogens is 545 g/mol. The summed E-state index contributed by atoms with van der Waals surface area (Å²) in [5.74, 6) is -2.09. The number of hydrogen-bond donors (Lipinski definition) is 2. The minimum Gasteiger partial charge on any atom is -0.359 e. The highest BCUT2D eigenvalue weighted by molar-refractivity contribution is 6.45. The quantitative estimate of drug-likeness (QED) is 0.219. The number of para-hydroxylation sites is 1. The van der Waals surface area contributed by atoms with E-state index in [1.165, 1.54) is 22.1 Å². The van der Waals surface area contributed by atoms with Crippen LogP contribution in [0.1, 0.15) is 27.8 Å². The molecule has 0 radical (unpaired) electrons. The third kappa shape index (κ3) is 4.63. The van der Waals surface area contributed by atoms with Crippen LogP contribution in [0, 0.1) is 5.82 Å². The molecule has 0 bridgehead atoms. The highest BCUT2D eigenvalue weighted by Crippen LogP contribution is 2.30. The maximum absolute atomic E-state index is 15.0. The van der Waals surface area contributed by atoms with Gasteiger partial charge in [0.05, 0.1) is 28.4 Å². The number of Topliss-reactive ketones (excluding diaryl/α,β-unsaturated/α-hetero) is 1. The molecule has 0 unspecified atom stereocenters. The van der Waals surface area contributed by atoms with Gasteiger partial charge in [0.1, 0.15) is 17.1 Å². The number of benzene rings is 1. The van der Waals surface area contributed by atoms with E-state index in [-0.39, 0.29) is 52.5 Å². The van der Waals surface area contributed by atoms with E-state index in [1.807, 2.05) is 42.2 Å². The molecule has 4 aromatic heterocycles. The number of hydrogen-bond acceptors (Lipinski definition) is 9. The predicted molar refractivity (Wildman–Crippen MR) is 149 cm³/mol. The van der Waals surface area contributed by atoms with Gasteiger partial charge in [-0.3, -0.25) is 19.5 Å². The molecule has 2 amide bonds. The maximum atomic E-state index is 15.0. The average Bonchev–Trinajstić information content (AvgIpc) is 3.81. The number of nitrogens with one attached hydrogen (secondary N) is 2. The zero-order chi connectivity index (χ0) is 29.4. The summed E-state index contributed by atoms with van der Waals surface area (Å²) in [6.07, 6.45) is 2.27. The monoisotopic (exact) mass is 571 g/mol. The Kier molecular flexibility index (Phi) is 6.90. The summed E-state index contributed by atoms with van der Waals surface area (Å²) in [6.45, 7) is 3.64. The van der Waals surface area contributed by atoms with Crippen LogP contribution in [0.3, 0.4) is 0 Å². The zero-order valence-corrected chi connectivity index (χ0v) is 22.8. The maximum Gasteiger partial charge on any atom is 0.295 e. The molecule has 42 heavy (non-hydrogen) atoms. The van der Waals surface area contributed by atoms with Gasteiger partial charge < -0.3 is 19.7 Å². The molecule has 1 saturated heterocycles. The van der Waals surface area contributed by atoms with Crippen LogP contribution in [0.2, 0.25) is 0 Å². The van der Waals surface area contributed by atoms with Gasteiger partial charge in [-0.25, -0.2) is 9.37 Å². The van der Waals surface area contributed by atoms with Gasteiger partial charge in [0, 0.05) is 46.0 Å². The number of ketones is 1. The van der Waals surface area contributed by atoms with Crippen molar-refractivity contribution in [3.05, 3.63) is 65.9 Å². The molecule has 1 fully saturated rings.